The molecule has 4 N–H and O–H groups in total. The first-order chi connectivity index (χ1) is 10.2. The topological polar surface area (TPSA) is 85.1 Å². The van der Waals surface area contributed by atoms with Crippen LogP contribution >= 0.6 is 11.6 Å². The van der Waals surface area contributed by atoms with Gasteiger partial charge in [-0.15, -0.1) is 0 Å². The zero-order valence-corrected chi connectivity index (χ0v) is 12.3. The first-order valence-electron chi connectivity index (χ1n) is 6.66. The molecule has 110 valence electrons. The summed E-state index contributed by atoms with van der Waals surface area (Å²) in [5.41, 5.74) is 3.31. The summed E-state index contributed by atoms with van der Waals surface area (Å²) in [6.45, 7) is 0. The Balaban J connectivity index is 1.93. The third-order valence-corrected chi connectivity index (χ3v) is 3.49. The van der Waals surface area contributed by atoms with Crippen molar-refractivity contribution in [2.75, 3.05) is 17.9 Å². The number of hydrogen-bond acceptors (Lipinski definition) is 6. The maximum Gasteiger partial charge on any atom is 0.145 e. The molecule has 0 aliphatic heterocycles. The van der Waals surface area contributed by atoms with Gasteiger partial charge in [0.15, 0.2) is 0 Å². The van der Waals surface area contributed by atoms with Crippen molar-refractivity contribution in [3.8, 4) is 5.75 Å². The van der Waals surface area contributed by atoms with E-state index in [2.05, 4.69) is 20.7 Å². The molecule has 6 nitrogen and oxygen atoms in total. The van der Waals surface area contributed by atoms with E-state index >= 15 is 0 Å². The van der Waals surface area contributed by atoms with Gasteiger partial charge in [-0.1, -0.05) is 11.6 Å². The second-order valence-corrected chi connectivity index (χ2v) is 5.32. The van der Waals surface area contributed by atoms with Crippen LogP contribution < -0.4 is 21.3 Å². The highest BCUT2D eigenvalue weighted by Gasteiger charge is 2.27. The SMILES string of the molecule is COc1ccc(Cl)cc1Nc1cc(NN)nc(C2CC2)n1. The van der Waals surface area contributed by atoms with E-state index < -0.39 is 0 Å². The summed E-state index contributed by atoms with van der Waals surface area (Å²) >= 11 is 6.03. The first kappa shape index (κ1) is 13.9. The number of rotatable bonds is 5. The molecule has 3 rings (SSSR count). The summed E-state index contributed by atoms with van der Waals surface area (Å²) in [5.74, 6) is 8.62. The van der Waals surface area contributed by atoms with Crippen molar-refractivity contribution in [2.45, 2.75) is 18.8 Å². The Morgan fingerprint density at radius 2 is 2.00 bits per heavy atom. The standard InChI is InChI=1S/C14H16ClN5O/c1-21-11-5-4-9(15)6-10(11)17-12-7-13(20-16)19-14(18-12)8-2-3-8/h4-8H,2-3,16H2,1H3,(H2,17,18,19,20). The molecule has 0 amide bonds. The molecule has 0 unspecified atom stereocenters. The molecule has 1 aromatic heterocycles. The number of anilines is 3. The summed E-state index contributed by atoms with van der Waals surface area (Å²) in [4.78, 5) is 8.90. The van der Waals surface area contributed by atoms with Gasteiger partial charge in [0.2, 0.25) is 0 Å². The molecule has 0 spiro atoms. The lowest BCUT2D eigenvalue weighted by Gasteiger charge is -2.12. The Labute approximate surface area is 127 Å². The zero-order valence-electron chi connectivity index (χ0n) is 11.6. The Kier molecular flexibility index (Phi) is 3.81. The fraction of sp³-hybridized carbons (Fsp3) is 0.286. The average molecular weight is 306 g/mol. The highest BCUT2D eigenvalue weighted by molar-refractivity contribution is 6.31. The van der Waals surface area contributed by atoms with Crippen LogP contribution in [0, 0.1) is 0 Å². The number of nitrogens with two attached hydrogens (primary N) is 1. The Bertz CT molecular complexity index is 660. The number of nitrogen functional groups attached to an aromatic ring is 1. The van der Waals surface area contributed by atoms with E-state index in [1.807, 2.05) is 0 Å². The molecule has 2 aromatic rings. The number of methoxy groups -OCH3 is 1. The average Bonchev–Trinajstić information content (AvgIpc) is 3.32. The van der Waals surface area contributed by atoms with E-state index in [4.69, 9.17) is 22.2 Å². The minimum absolute atomic E-state index is 0.431. The maximum absolute atomic E-state index is 6.03. The summed E-state index contributed by atoms with van der Waals surface area (Å²) in [5, 5.41) is 3.82. The molecule has 1 heterocycles. The number of nitrogens with one attached hydrogen (secondary N) is 2. The lowest BCUT2D eigenvalue weighted by molar-refractivity contribution is 0.417. The first-order valence-corrected chi connectivity index (χ1v) is 7.03. The molecule has 1 saturated carbocycles. The van der Waals surface area contributed by atoms with Crippen molar-refractivity contribution >= 4 is 28.9 Å². The lowest BCUT2D eigenvalue weighted by Crippen LogP contribution is -2.11. The van der Waals surface area contributed by atoms with E-state index in [1.165, 1.54) is 0 Å². The van der Waals surface area contributed by atoms with Gasteiger partial charge in [0.1, 0.15) is 23.2 Å². The lowest BCUT2D eigenvalue weighted by atomic mass is 10.3. The number of hydrazine groups is 1. The fourth-order valence-corrected chi connectivity index (χ4v) is 2.22. The molecule has 7 heteroatoms. The van der Waals surface area contributed by atoms with Crippen LogP contribution in [0.5, 0.6) is 5.75 Å². The van der Waals surface area contributed by atoms with Gasteiger partial charge < -0.3 is 15.5 Å². The van der Waals surface area contributed by atoms with Gasteiger partial charge in [0.05, 0.1) is 12.8 Å². The van der Waals surface area contributed by atoms with Gasteiger partial charge in [0.25, 0.3) is 0 Å². The van der Waals surface area contributed by atoms with Gasteiger partial charge in [-0.2, -0.15) is 0 Å². The maximum atomic E-state index is 6.03. The predicted octanol–water partition coefficient (Wildman–Crippen LogP) is 3.05. The number of halogens is 1. The van der Waals surface area contributed by atoms with Crippen molar-refractivity contribution in [2.24, 2.45) is 5.84 Å². The Morgan fingerprint density at radius 3 is 2.67 bits per heavy atom. The van der Waals surface area contributed by atoms with Gasteiger partial charge in [-0.05, 0) is 31.0 Å². The van der Waals surface area contributed by atoms with E-state index in [0.717, 1.165) is 24.4 Å². The summed E-state index contributed by atoms with van der Waals surface area (Å²) in [6.07, 6.45) is 2.24. The van der Waals surface area contributed by atoms with Crippen LogP contribution in [0.1, 0.15) is 24.6 Å². The molecule has 0 bridgehead atoms. The van der Waals surface area contributed by atoms with Crippen LogP contribution in [0.4, 0.5) is 17.3 Å². The van der Waals surface area contributed by atoms with Crippen LogP contribution in [0.2, 0.25) is 5.02 Å². The quantitative estimate of drug-likeness (QED) is 0.581. The highest BCUT2D eigenvalue weighted by Crippen LogP contribution is 2.39. The summed E-state index contributed by atoms with van der Waals surface area (Å²) < 4.78 is 5.31. The van der Waals surface area contributed by atoms with Gasteiger partial charge >= 0.3 is 0 Å². The van der Waals surface area contributed by atoms with E-state index in [0.29, 0.717) is 28.3 Å². The number of hydrogen-bond donors (Lipinski definition) is 3. The van der Waals surface area contributed by atoms with E-state index in [1.54, 1.807) is 31.4 Å². The number of aromatic nitrogens is 2. The molecule has 1 aromatic carbocycles. The minimum Gasteiger partial charge on any atom is -0.495 e. The van der Waals surface area contributed by atoms with Crippen molar-refractivity contribution in [3.05, 3.63) is 35.1 Å². The normalized spacial score (nSPS) is 13.9. The predicted molar refractivity (Wildman–Crippen MR) is 83.1 cm³/mol. The van der Waals surface area contributed by atoms with Crippen LogP contribution in [-0.2, 0) is 0 Å². The molecular formula is C14H16ClN5O. The zero-order chi connectivity index (χ0) is 14.8. The Morgan fingerprint density at radius 1 is 1.24 bits per heavy atom. The number of benzene rings is 1. The van der Waals surface area contributed by atoms with Crippen molar-refractivity contribution < 1.29 is 4.74 Å². The van der Waals surface area contributed by atoms with Crippen LogP contribution in [-0.4, -0.2) is 17.1 Å². The molecule has 0 saturated heterocycles. The smallest absolute Gasteiger partial charge is 0.145 e. The molecule has 1 fully saturated rings. The third kappa shape index (κ3) is 3.17. The van der Waals surface area contributed by atoms with Crippen LogP contribution in [0.3, 0.4) is 0 Å². The van der Waals surface area contributed by atoms with Crippen molar-refractivity contribution in [1.82, 2.24) is 9.97 Å². The molecule has 1 aliphatic rings. The van der Waals surface area contributed by atoms with Crippen molar-refractivity contribution in [1.29, 1.82) is 0 Å². The summed E-state index contributed by atoms with van der Waals surface area (Å²) in [6, 6.07) is 7.10. The van der Waals surface area contributed by atoms with E-state index in [-0.39, 0.29) is 0 Å². The van der Waals surface area contributed by atoms with E-state index in [9.17, 15) is 0 Å². The Hall–Kier alpha value is -2.05. The number of nitrogens with zero attached hydrogens (tertiary/aromatic N) is 2. The highest BCUT2D eigenvalue weighted by atomic mass is 35.5. The fourth-order valence-electron chi connectivity index (χ4n) is 2.04. The molecular weight excluding hydrogens is 290 g/mol. The molecule has 1 aliphatic carbocycles. The second-order valence-electron chi connectivity index (χ2n) is 4.88. The molecule has 0 radical (unpaired) electrons. The molecule has 21 heavy (non-hydrogen) atoms. The van der Waals surface area contributed by atoms with Gasteiger partial charge in [-0.25, -0.2) is 15.8 Å². The van der Waals surface area contributed by atoms with Crippen molar-refractivity contribution in [3.63, 3.8) is 0 Å². The van der Waals surface area contributed by atoms with Gasteiger partial charge in [-0.3, -0.25) is 0 Å². The monoisotopic (exact) mass is 305 g/mol. The minimum atomic E-state index is 0.431. The summed E-state index contributed by atoms with van der Waals surface area (Å²) in [7, 11) is 1.61. The van der Waals surface area contributed by atoms with Gasteiger partial charge in [0, 0.05) is 17.0 Å². The van der Waals surface area contributed by atoms with Crippen LogP contribution in [0.25, 0.3) is 0 Å². The molecule has 0 atom stereocenters. The second kappa shape index (κ2) is 5.75. The van der Waals surface area contributed by atoms with Crippen LogP contribution in [0.15, 0.2) is 24.3 Å². The third-order valence-electron chi connectivity index (χ3n) is 3.26. The number of ether oxygens (including phenoxy) is 1. The largest absolute Gasteiger partial charge is 0.495 e.